The number of hydrogen-bond acceptors (Lipinski definition) is 4. The molecule has 20 heavy (non-hydrogen) atoms. The molecule has 2 heterocycles. The number of anilines is 1. The Morgan fingerprint density at radius 1 is 1.25 bits per heavy atom. The number of rotatable bonds is 3. The van der Waals surface area contributed by atoms with Gasteiger partial charge in [-0.15, -0.1) is 0 Å². The highest BCUT2D eigenvalue weighted by atomic mass is 35.5. The highest BCUT2D eigenvalue weighted by Gasteiger charge is 2.10. The van der Waals surface area contributed by atoms with Gasteiger partial charge in [-0.05, 0) is 19.4 Å². The predicted molar refractivity (Wildman–Crippen MR) is 79.0 cm³/mol. The van der Waals surface area contributed by atoms with Gasteiger partial charge in [0, 0.05) is 12.1 Å². The zero-order valence-electron chi connectivity index (χ0n) is 11.2. The largest absolute Gasteiger partial charge is 0.363 e. The Balaban J connectivity index is 1.92. The number of nitrogens with zero attached hydrogens (tertiary/aromatic N) is 4. The molecular formula is C14H14ClN5. The van der Waals surface area contributed by atoms with Crippen LogP contribution in [0.5, 0.6) is 0 Å². The smallest absolute Gasteiger partial charge is 0.255 e. The van der Waals surface area contributed by atoms with E-state index >= 15 is 0 Å². The van der Waals surface area contributed by atoms with E-state index in [1.165, 1.54) is 17.5 Å². The van der Waals surface area contributed by atoms with Crippen LogP contribution in [0.2, 0.25) is 5.15 Å². The lowest BCUT2D eigenvalue weighted by Gasteiger charge is -2.16. The molecule has 2 aromatic heterocycles. The third-order valence-electron chi connectivity index (χ3n) is 3.16. The molecule has 0 fully saturated rings. The van der Waals surface area contributed by atoms with Gasteiger partial charge in [-0.25, -0.2) is 0 Å². The lowest BCUT2D eigenvalue weighted by atomic mass is 10.1. The number of aromatic nitrogens is 4. The Morgan fingerprint density at radius 2 is 2.00 bits per heavy atom. The predicted octanol–water partition coefficient (Wildman–Crippen LogP) is 3.26. The van der Waals surface area contributed by atoms with E-state index in [-0.39, 0.29) is 6.04 Å². The zero-order valence-corrected chi connectivity index (χ0v) is 12.0. The van der Waals surface area contributed by atoms with Gasteiger partial charge in [0.15, 0.2) is 0 Å². The van der Waals surface area contributed by atoms with Crippen molar-refractivity contribution in [2.24, 2.45) is 0 Å². The molecule has 5 nitrogen and oxygen atoms in total. The topological polar surface area (TPSA) is 55.1 Å². The number of hydrogen-bond donors (Lipinski definition) is 1. The summed E-state index contributed by atoms with van der Waals surface area (Å²) in [5.74, 6) is 1.25. The van der Waals surface area contributed by atoms with E-state index in [1.54, 1.807) is 10.6 Å². The fourth-order valence-electron chi connectivity index (χ4n) is 2.05. The van der Waals surface area contributed by atoms with Crippen LogP contribution in [-0.4, -0.2) is 19.6 Å². The second kappa shape index (κ2) is 5.09. The van der Waals surface area contributed by atoms with Gasteiger partial charge in [-0.1, -0.05) is 41.4 Å². The summed E-state index contributed by atoms with van der Waals surface area (Å²) >= 11 is 6.00. The average Bonchev–Trinajstić information content (AvgIpc) is 2.87. The molecule has 0 aliphatic carbocycles. The molecule has 6 heteroatoms. The van der Waals surface area contributed by atoms with Crippen molar-refractivity contribution in [3.63, 3.8) is 0 Å². The van der Waals surface area contributed by atoms with Crippen molar-refractivity contribution >= 4 is 23.2 Å². The molecule has 0 saturated heterocycles. The van der Waals surface area contributed by atoms with E-state index in [9.17, 15) is 0 Å². The molecule has 0 saturated carbocycles. The summed E-state index contributed by atoms with van der Waals surface area (Å²) in [5.41, 5.74) is 2.43. The normalized spacial score (nSPS) is 12.6. The van der Waals surface area contributed by atoms with Crippen molar-refractivity contribution in [2.75, 3.05) is 5.32 Å². The number of aryl methyl sites for hydroxylation is 1. The van der Waals surface area contributed by atoms with Crippen LogP contribution in [0.1, 0.15) is 24.1 Å². The highest BCUT2D eigenvalue weighted by Crippen LogP contribution is 2.21. The number of halogens is 1. The van der Waals surface area contributed by atoms with Crippen molar-refractivity contribution in [1.82, 2.24) is 19.6 Å². The fraction of sp³-hybridized carbons (Fsp3) is 0.214. The summed E-state index contributed by atoms with van der Waals surface area (Å²) in [6.45, 7) is 4.16. The Kier molecular flexibility index (Phi) is 3.28. The first-order valence-electron chi connectivity index (χ1n) is 6.33. The minimum atomic E-state index is 0.126. The van der Waals surface area contributed by atoms with Crippen LogP contribution in [-0.2, 0) is 0 Å². The summed E-state index contributed by atoms with van der Waals surface area (Å²) in [7, 11) is 0. The van der Waals surface area contributed by atoms with Crippen molar-refractivity contribution in [3.05, 3.63) is 52.9 Å². The van der Waals surface area contributed by atoms with E-state index < -0.39 is 0 Å². The van der Waals surface area contributed by atoms with Gasteiger partial charge >= 0.3 is 0 Å². The van der Waals surface area contributed by atoms with Crippen LogP contribution in [0.3, 0.4) is 0 Å². The molecule has 3 rings (SSSR count). The van der Waals surface area contributed by atoms with E-state index in [1.807, 2.05) is 0 Å². The molecule has 0 aliphatic heterocycles. The molecule has 102 valence electrons. The Bertz CT molecular complexity index is 735. The fourth-order valence-corrected chi connectivity index (χ4v) is 2.23. The second-order valence-electron chi connectivity index (χ2n) is 4.71. The van der Waals surface area contributed by atoms with Gasteiger partial charge in [-0.2, -0.15) is 19.6 Å². The van der Waals surface area contributed by atoms with E-state index in [2.05, 4.69) is 58.5 Å². The Morgan fingerprint density at radius 3 is 2.75 bits per heavy atom. The minimum absolute atomic E-state index is 0.126. The molecule has 1 aromatic carbocycles. The van der Waals surface area contributed by atoms with E-state index in [0.717, 1.165) is 5.82 Å². The Labute approximate surface area is 121 Å². The number of benzene rings is 1. The maximum Gasteiger partial charge on any atom is 0.255 e. The lowest BCUT2D eigenvalue weighted by Crippen LogP contribution is -2.11. The third-order valence-corrected chi connectivity index (χ3v) is 3.36. The second-order valence-corrected chi connectivity index (χ2v) is 5.10. The summed E-state index contributed by atoms with van der Waals surface area (Å²) < 4.78 is 1.64. The maximum atomic E-state index is 6.00. The SMILES string of the molecule is Cc1ccc(C(C)Nc2cc(Cl)nc3ncnn23)cc1. The first-order valence-corrected chi connectivity index (χ1v) is 6.70. The lowest BCUT2D eigenvalue weighted by molar-refractivity contribution is 0.840. The van der Waals surface area contributed by atoms with Crippen LogP contribution in [0.25, 0.3) is 5.78 Å². The molecule has 1 atom stereocenters. The van der Waals surface area contributed by atoms with Gasteiger partial charge < -0.3 is 5.32 Å². The van der Waals surface area contributed by atoms with Crippen molar-refractivity contribution in [1.29, 1.82) is 0 Å². The van der Waals surface area contributed by atoms with E-state index in [4.69, 9.17) is 11.6 Å². The molecule has 0 spiro atoms. The quantitative estimate of drug-likeness (QED) is 0.751. The van der Waals surface area contributed by atoms with Crippen molar-refractivity contribution in [2.45, 2.75) is 19.9 Å². The molecule has 1 N–H and O–H groups in total. The molecule has 0 radical (unpaired) electrons. The number of nitrogens with one attached hydrogen (secondary N) is 1. The zero-order chi connectivity index (χ0) is 14.1. The van der Waals surface area contributed by atoms with Gasteiger partial charge in [-0.3, -0.25) is 0 Å². The van der Waals surface area contributed by atoms with Crippen molar-refractivity contribution < 1.29 is 0 Å². The monoisotopic (exact) mass is 287 g/mol. The molecule has 1 unspecified atom stereocenters. The highest BCUT2D eigenvalue weighted by molar-refractivity contribution is 6.29. The van der Waals surface area contributed by atoms with Crippen LogP contribution >= 0.6 is 11.6 Å². The molecule has 0 bridgehead atoms. The number of fused-ring (bicyclic) bond motifs is 1. The first kappa shape index (κ1) is 12.9. The summed E-state index contributed by atoms with van der Waals surface area (Å²) in [6.07, 6.45) is 1.46. The average molecular weight is 288 g/mol. The van der Waals surface area contributed by atoms with Gasteiger partial charge in [0.1, 0.15) is 17.3 Å². The van der Waals surface area contributed by atoms with Gasteiger partial charge in [0.2, 0.25) is 0 Å². The van der Waals surface area contributed by atoms with Crippen LogP contribution in [0, 0.1) is 6.92 Å². The molecule has 0 amide bonds. The molecule has 0 aliphatic rings. The van der Waals surface area contributed by atoms with Crippen LogP contribution in [0.15, 0.2) is 36.7 Å². The van der Waals surface area contributed by atoms with E-state index in [0.29, 0.717) is 10.9 Å². The van der Waals surface area contributed by atoms with Crippen molar-refractivity contribution in [3.8, 4) is 0 Å². The summed E-state index contributed by atoms with van der Waals surface area (Å²) in [6, 6.07) is 10.3. The summed E-state index contributed by atoms with van der Waals surface area (Å²) in [4.78, 5) is 8.15. The standard InChI is InChI=1S/C14H14ClN5/c1-9-3-5-11(6-4-9)10(2)18-13-7-12(15)19-14-16-8-17-20(13)14/h3-8,10,18H,1-2H3. The summed E-state index contributed by atoms with van der Waals surface area (Å²) in [5, 5.41) is 7.92. The molecule has 3 aromatic rings. The van der Waals surface area contributed by atoms with Crippen LogP contribution < -0.4 is 5.32 Å². The molecular weight excluding hydrogens is 274 g/mol. The van der Waals surface area contributed by atoms with Gasteiger partial charge in [0.05, 0.1) is 0 Å². The van der Waals surface area contributed by atoms with Crippen LogP contribution in [0.4, 0.5) is 5.82 Å². The minimum Gasteiger partial charge on any atom is -0.363 e. The Hall–Kier alpha value is -2.14. The maximum absolute atomic E-state index is 6.00. The third kappa shape index (κ3) is 2.44. The first-order chi connectivity index (χ1) is 9.63. The van der Waals surface area contributed by atoms with Gasteiger partial charge in [0.25, 0.3) is 5.78 Å².